The Morgan fingerprint density at radius 2 is 2.36 bits per heavy atom. The fourth-order valence-corrected chi connectivity index (χ4v) is 1.23. The summed E-state index contributed by atoms with van der Waals surface area (Å²) >= 11 is 5.77. The average Bonchev–Trinajstić information content (AvgIpc) is 2.50. The summed E-state index contributed by atoms with van der Waals surface area (Å²) in [5.74, 6) is 0. The predicted molar refractivity (Wildman–Crippen MR) is 47.7 cm³/mol. The van der Waals surface area contributed by atoms with Crippen molar-refractivity contribution in [1.82, 2.24) is 0 Å². The van der Waals surface area contributed by atoms with Crippen LogP contribution in [0.1, 0.15) is 19.8 Å². The molecule has 0 aromatic heterocycles. The van der Waals surface area contributed by atoms with Gasteiger partial charge >= 0.3 is 0 Å². The van der Waals surface area contributed by atoms with Gasteiger partial charge in [-0.2, -0.15) is 4.99 Å². The fraction of sp³-hybridized carbons (Fsp3) is 0.714. The number of rotatable bonds is 4. The van der Waals surface area contributed by atoms with Gasteiger partial charge in [-0.1, -0.05) is 30.0 Å². The Hall–Kier alpha value is -0.410. The Balaban J connectivity index is 2.47. The number of quaternary nitrogens is 1. The number of alkyl halides is 1. The van der Waals surface area contributed by atoms with E-state index < -0.39 is 0 Å². The van der Waals surface area contributed by atoms with Gasteiger partial charge in [-0.15, -0.1) is 4.59 Å². The maximum Gasteiger partial charge on any atom is 0.219 e. The van der Waals surface area contributed by atoms with Crippen LogP contribution >= 0.6 is 11.6 Å². The van der Waals surface area contributed by atoms with Gasteiger partial charge in [0.05, 0.1) is 0 Å². The van der Waals surface area contributed by atoms with Crippen molar-refractivity contribution in [2.24, 2.45) is 10.1 Å². The van der Waals surface area contributed by atoms with Gasteiger partial charge in [0.15, 0.2) is 12.3 Å². The van der Waals surface area contributed by atoms with E-state index in [-0.39, 0.29) is 0 Å². The van der Waals surface area contributed by atoms with Crippen LogP contribution in [0.2, 0.25) is 0 Å². The highest BCUT2D eigenvalue weighted by Crippen LogP contribution is 2.12. The van der Waals surface area contributed by atoms with Crippen LogP contribution < -0.4 is 0 Å². The van der Waals surface area contributed by atoms with E-state index in [1.807, 2.05) is 0 Å². The first-order valence-corrected chi connectivity index (χ1v) is 4.37. The van der Waals surface area contributed by atoms with Crippen molar-refractivity contribution in [1.29, 1.82) is 0 Å². The van der Waals surface area contributed by atoms with E-state index >= 15 is 0 Å². The molecule has 62 valence electrons. The molecule has 1 rings (SSSR count). The normalized spacial score (nSPS) is 28.2. The first-order valence-electron chi connectivity index (χ1n) is 3.84. The van der Waals surface area contributed by atoms with Gasteiger partial charge < -0.3 is 0 Å². The van der Waals surface area contributed by atoms with E-state index in [4.69, 9.17) is 11.6 Å². The van der Waals surface area contributed by atoms with E-state index in [2.05, 4.69) is 17.0 Å². The monoisotopic (exact) mass is 174 g/mol. The molecule has 0 radical (unpaired) electrons. The summed E-state index contributed by atoms with van der Waals surface area (Å²) in [7, 11) is 0. The predicted octanol–water partition coefficient (Wildman–Crippen LogP) is 1.78. The van der Waals surface area contributed by atoms with Gasteiger partial charge in [-0.25, -0.2) is 0 Å². The second-order valence-electron chi connectivity index (χ2n) is 2.68. The lowest BCUT2D eigenvalue weighted by Crippen LogP contribution is -2.39. The highest BCUT2D eigenvalue weighted by atomic mass is 35.5. The smallest absolute Gasteiger partial charge is 0.184 e. The summed E-state index contributed by atoms with van der Waals surface area (Å²) in [6.07, 6.45) is 5.66. The lowest BCUT2D eigenvalue weighted by Gasteiger charge is -2.20. The van der Waals surface area contributed by atoms with Crippen molar-refractivity contribution >= 4 is 24.3 Å². The molecule has 1 atom stereocenters. The zero-order chi connectivity index (χ0) is 8.16. The summed E-state index contributed by atoms with van der Waals surface area (Å²) < 4.78 is 0.468. The molecule has 3 nitrogen and oxygen atoms in total. The zero-order valence-electron chi connectivity index (χ0n) is 6.70. The van der Waals surface area contributed by atoms with Crippen LogP contribution in [0.3, 0.4) is 0 Å². The third-order valence-corrected chi connectivity index (χ3v) is 2.15. The average molecular weight is 175 g/mol. The van der Waals surface area contributed by atoms with Crippen LogP contribution in [0.25, 0.3) is 0 Å². The summed E-state index contributed by atoms with van der Waals surface area (Å²) in [5, 5.41) is 4.18. The molecule has 0 saturated carbocycles. The molecule has 0 aliphatic carbocycles. The molecule has 0 bridgehead atoms. The van der Waals surface area contributed by atoms with Gasteiger partial charge in [0, 0.05) is 0 Å². The number of aliphatic imine (C=N–C) groups is 1. The van der Waals surface area contributed by atoms with Crippen molar-refractivity contribution in [3.63, 3.8) is 0 Å². The van der Waals surface area contributed by atoms with Crippen LogP contribution in [0, 0.1) is 0 Å². The van der Waals surface area contributed by atoms with E-state index in [9.17, 15) is 0 Å². The Labute approximate surface area is 72.0 Å². The third kappa shape index (κ3) is 2.01. The van der Waals surface area contributed by atoms with E-state index in [1.165, 1.54) is 6.42 Å². The van der Waals surface area contributed by atoms with E-state index in [0.717, 1.165) is 13.0 Å². The molecule has 0 aromatic carbocycles. The van der Waals surface area contributed by atoms with Crippen molar-refractivity contribution < 1.29 is 4.59 Å². The second kappa shape index (κ2) is 3.83. The van der Waals surface area contributed by atoms with Gasteiger partial charge in [0.1, 0.15) is 6.54 Å². The van der Waals surface area contributed by atoms with Crippen molar-refractivity contribution in [2.75, 3.05) is 12.5 Å². The van der Waals surface area contributed by atoms with Crippen LogP contribution in [-0.4, -0.2) is 29.8 Å². The topological polar surface area (TPSA) is 24.7 Å². The molecule has 0 fully saturated rings. The van der Waals surface area contributed by atoms with Crippen LogP contribution in [-0.2, 0) is 0 Å². The Morgan fingerprint density at radius 1 is 1.55 bits per heavy atom. The number of halogens is 1. The van der Waals surface area contributed by atoms with Crippen molar-refractivity contribution in [2.45, 2.75) is 19.8 Å². The summed E-state index contributed by atoms with van der Waals surface area (Å²) in [6.45, 7) is 3.11. The molecule has 4 heteroatoms. The molecule has 11 heavy (non-hydrogen) atoms. The van der Waals surface area contributed by atoms with Gasteiger partial charge in [-0.05, 0) is 6.42 Å². The Bertz CT molecular complexity index is 165. The fourth-order valence-electron chi connectivity index (χ4n) is 0.985. The molecule has 0 N–H and O–H groups in total. The SMILES string of the molecule is CCCC[N+]1(CCl)C=NC=N1. The number of hydrogen-bond donors (Lipinski definition) is 0. The molecule has 1 heterocycles. The molecule has 0 spiro atoms. The lowest BCUT2D eigenvalue weighted by molar-refractivity contribution is -0.827. The van der Waals surface area contributed by atoms with Crippen LogP contribution in [0.4, 0.5) is 0 Å². The maximum absolute atomic E-state index is 5.77. The zero-order valence-corrected chi connectivity index (χ0v) is 7.46. The first kappa shape index (κ1) is 8.68. The minimum atomic E-state index is 0.468. The minimum Gasteiger partial charge on any atom is -0.184 e. The molecule has 1 aliphatic rings. The molecule has 0 saturated heterocycles. The van der Waals surface area contributed by atoms with Crippen LogP contribution in [0.15, 0.2) is 10.1 Å². The van der Waals surface area contributed by atoms with E-state index in [1.54, 1.807) is 12.7 Å². The van der Waals surface area contributed by atoms with Crippen molar-refractivity contribution in [3.8, 4) is 0 Å². The molecule has 0 amide bonds. The first-order chi connectivity index (χ1) is 5.33. The standard InChI is InChI=1S/C7H13ClN3/c1-2-3-4-11(5-8)7-9-6-10-11/h6-7H,2-5H2,1H3/q+1. The molecular weight excluding hydrogens is 162 g/mol. The molecular formula is C7H13ClN3+. The summed E-state index contributed by atoms with van der Waals surface area (Å²) in [4.78, 5) is 3.93. The van der Waals surface area contributed by atoms with Crippen molar-refractivity contribution in [3.05, 3.63) is 0 Å². The second-order valence-corrected chi connectivity index (χ2v) is 2.92. The maximum atomic E-state index is 5.77. The Morgan fingerprint density at radius 3 is 2.82 bits per heavy atom. The summed E-state index contributed by atoms with van der Waals surface area (Å²) in [5.41, 5.74) is 0. The van der Waals surface area contributed by atoms with Gasteiger partial charge in [0.25, 0.3) is 0 Å². The van der Waals surface area contributed by atoms with Crippen LogP contribution in [0.5, 0.6) is 0 Å². The number of unbranched alkanes of at least 4 members (excludes halogenated alkanes) is 1. The Kier molecular flexibility index (Phi) is 3.02. The summed E-state index contributed by atoms with van der Waals surface area (Å²) in [6, 6.07) is 0.486. The van der Waals surface area contributed by atoms with Gasteiger partial charge in [0.2, 0.25) is 6.34 Å². The largest absolute Gasteiger partial charge is 0.219 e. The molecule has 1 aliphatic heterocycles. The molecule has 0 aromatic rings. The van der Waals surface area contributed by atoms with Gasteiger partial charge in [-0.3, -0.25) is 0 Å². The highest BCUT2D eigenvalue weighted by molar-refractivity contribution is 6.17. The lowest BCUT2D eigenvalue weighted by atomic mass is 10.3. The number of nitrogens with zero attached hydrogens (tertiary/aromatic N) is 3. The quantitative estimate of drug-likeness (QED) is 0.353. The third-order valence-electron chi connectivity index (χ3n) is 1.74. The molecule has 1 unspecified atom stereocenters. The highest BCUT2D eigenvalue weighted by Gasteiger charge is 2.25. The minimum absolute atomic E-state index is 0.468. The van der Waals surface area contributed by atoms with E-state index in [0.29, 0.717) is 10.6 Å². The number of hydrogen-bond acceptors (Lipinski definition) is 2.